The van der Waals surface area contributed by atoms with Crippen LogP contribution in [0.25, 0.3) is 11.3 Å². The van der Waals surface area contributed by atoms with Crippen molar-refractivity contribution in [3.05, 3.63) is 36.2 Å². The Balaban J connectivity index is 1.79. The summed E-state index contributed by atoms with van der Waals surface area (Å²) in [6, 6.07) is 6.07. The number of nitrogens with two attached hydrogens (primary N) is 1. The highest BCUT2D eigenvalue weighted by Gasteiger charge is 2.24. The molecule has 0 saturated heterocycles. The molecule has 0 bridgehead atoms. The summed E-state index contributed by atoms with van der Waals surface area (Å²) in [7, 11) is 4.04. The first kappa shape index (κ1) is 14.8. The number of likely N-dealkylation sites (N-methyl/N-ethyl adjacent to an activating group) is 1. The Bertz CT molecular complexity index is 653. The predicted molar refractivity (Wildman–Crippen MR) is 87.9 cm³/mol. The molecule has 2 N–H and O–H groups in total. The van der Waals surface area contributed by atoms with Gasteiger partial charge in [0, 0.05) is 18.3 Å². The molecule has 1 saturated carbocycles. The van der Waals surface area contributed by atoms with Crippen LogP contribution < -0.4 is 10.5 Å². The largest absolute Gasteiger partial charge is 0.491 e. The summed E-state index contributed by atoms with van der Waals surface area (Å²) in [6.07, 6.45) is 6.02. The molecule has 2 heterocycles. The molecule has 116 valence electrons. The van der Waals surface area contributed by atoms with E-state index in [4.69, 9.17) is 10.5 Å². The maximum absolute atomic E-state index is 5.95. The molecule has 0 unspecified atom stereocenters. The van der Waals surface area contributed by atoms with E-state index < -0.39 is 0 Å². The zero-order valence-corrected chi connectivity index (χ0v) is 13.1. The number of hydrogen-bond acceptors (Lipinski definition) is 5. The van der Waals surface area contributed by atoms with Gasteiger partial charge in [0.05, 0.1) is 11.9 Å². The molecular formula is C17H22N4O. The first-order valence-corrected chi connectivity index (χ1v) is 7.62. The number of rotatable bonds is 6. The standard InChI is InChI=1S/C17H22N4O/c1-21(2)5-6-22-15-7-14(10-19-11-15)16-8-13(12-3-4-12)9-17(18)20-16/h7-12H,3-6H2,1-2H3,(H2,18,20). The van der Waals surface area contributed by atoms with Gasteiger partial charge in [0.2, 0.25) is 0 Å². The fourth-order valence-electron chi connectivity index (χ4n) is 2.36. The molecule has 2 aromatic heterocycles. The second-order valence-corrected chi connectivity index (χ2v) is 6.05. The lowest BCUT2D eigenvalue weighted by Crippen LogP contribution is -2.19. The molecule has 5 nitrogen and oxygen atoms in total. The minimum absolute atomic E-state index is 0.568. The molecule has 3 rings (SSSR count). The minimum atomic E-state index is 0.568. The molecule has 0 amide bonds. The zero-order valence-electron chi connectivity index (χ0n) is 13.1. The van der Waals surface area contributed by atoms with Crippen molar-refractivity contribution >= 4 is 5.82 Å². The summed E-state index contributed by atoms with van der Waals surface area (Å²) in [6.45, 7) is 1.50. The monoisotopic (exact) mass is 298 g/mol. The molecule has 0 radical (unpaired) electrons. The molecule has 0 aliphatic heterocycles. The van der Waals surface area contributed by atoms with Gasteiger partial charge < -0.3 is 15.4 Å². The number of anilines is 1. The molecule has 0 aromatic carbocycles. The van der Waals surface area contributed by atoms with Crippen LogP contribution in [0.15, 0.2) is 30.6 Å². The van der Waals surface area contributed by atoms with Gasteiger partial charge in [0.15, 0.2) is 0 Å². The van der Waals surface area contributed by atoms with Gasteiger partial charge in [-0.2, -0.15) is 0 Å². The summed E-state index contributed by atoms with van der Waals surface area (Å²) in [5, 5.41) is 0. The van der Waals surface area contributed by atoms with Crippen LogP contribution in [0, 0.1) is 0 Å². The van der Waals surface area contributed by atoms with Crippen molar-refractivity contribution in [2.45, 2.75) is 18.8 Å². The molecular weight excluding hydrogens is 276 g/mol. The Kier molecular flexibility index (Phi) is 4.24. The van der Waals surface area contributed by atoms with Crippen molar-refractivity contribution in [3.8, 4) is 17.0 Å². The lowest BCUT2D eigenvalue weighted by atomic mass is 10.1. The van der Waals surface area contributed by atoms with Crippen molar-refractivity contribution in [1.82, 2.24) is 14.9 Å². The highest BCUT2D eigenvalue weighted by molar-refractivity contribution is 5.63. The first-order chi connectivity index (χ1) is 10.6. The van der Waals surface area contributed by atoms with Crippen LogP contribution in [0.3, 0.4) is 0 Å². The van der Waals surface area contributed by atoms with Gasteiger partial charge in [-0.25, -0.2) is 4.98 Å². The van der Waals surface area contributed by atoms with E-state index in [0.717, 1.165) is 23.6 Å². The van der Waals surface area contributed by atoms with Gasteiger partial charge in [-0.05, 0) is 56.6 Å². The summed E-state index contributed by atoms with van der Waals surface area (Å²) in [4.78, 5) is 10.8. The van der Waals surface area contributed by atoms with E-state index >= 15 is 0 Å². The first-order valence-electron chi connectivity index (χ1n) is 7.62. The topological polar surface area (TPSA) is 64.3 Å². The molecule has 1 aliphatic rings. The smallest absolute Gasteiger partial charge is 0.138 e. The van der Waals surface area contributed by atoms with Gasteiger partial charge in [-0.1, -0.05) is 0 Å². The molecule has 1 fully saturated rings. The van der Waals surface area contributed by atoms with E-state index in [-0.39, 0.29) is 0 Å². The maximum atomic E-state index is 5.95. The summed E-state index contributed by atoms with van der Waals surface area (Å²) >= 11 is 0. The third kappa shape index (κ3) is 3.74. The van der Waals surface area contributed by atoms with E-state index in [9.17, 15) is 0 Å². The molecule has 5 heteroatoms. The average Bonchev–Trinajstić information content (AvgIpc) is 3.31. The number of ether oxygens (including phenoxy) is 1. The number of hydrogen-bond donors (Lipinski definition) is 1. The van der Waals surface area contributed by atoms with Gasteiger partial charge in [-0.3, -0.25) is 4.98 Å². The van der Waals surface area contributed by atoms with Gasteiger partial charge in [-0.15, -0.1) is 0 Å². The normalized spacial score (nSPS) is 14.3. The minimum Gasteiger partial charge on any atom is -0.491 e. The highest BCUT2D eigenvalue weighted by Crippen LogP contribution is 2.41. The second kappa shape index (κ2) is 6.32. The summed E-state index contributed by atoms with van der Waals surface area (Å²) in [5.74, 6) is 1.98. The second-order valence-electron chi connectivity index (χ2n) is 6.05. The molecule has 0 atom stereocenters. The van der Waals surface area contributed by atoms with Gasteiger partial charge in [0.25, 0.3) is 0 Å². The van der Waals surface area contributed by atoms with E-state index in [0.29, 0.717) is 18.3 Å². The van der Waals surface area contributed by atoms with Crippen LogP contribution in [-0.2, 0) is 0 Å². The summed E-state index contributed by atoms with van der Waals surface area (Å²) < 4.78 is 5.74. The third-order valence-electron chi connectivity index (χ3n) is 3.73. The molecule has 0 spiro atoms. The maximum Gasteiger partial charge on any atom is 0.138 e. The number of nitrogens with zero attached hydrogens (tertiary/aromatic N) is 3. The zero-order chi connectivity index (χ0) is 15.5. The van der Waals surface area contributed by atoms with Gasteiger partial charge in [0.1, 0.15) is 18.2 Å². The Labute approximate surface area is 131 Å². The average molecular weight is 298 g/mol. The van der Waals surface area contributed by atoms with E-state index in [1.165, 1.54) is 18.4 Å². The predicted octanol–water partition coefficient (Wildman–Crippen LogP) is 2.54. The van der Waals surface area contributed by atoms with Crippen LogP contribution in [0.2, 0.25) is 0 Å². The van der Waals surface area contributed by atoms with Crippen LogP contribution >= 0.6 is 0 Å². The van der Waals surface area contributed by atoms with Crippen LogP contribution in [0.1, 0.15) is 24.3 Å². The van der Waals surface area contributed by atoms with E-state index in [1.807, 2.05) is 26.2 Å². The highest BCUT2D eigenvalue weighted by atomic mass is 16.5. The van der Waals surface area contributed by atoms with Crippen molar-refractivity contribution in [2.24, 2.45) is 0 Å². The van der Waals surface area contributed by atoms with Crippen molar-refractivity contribution < 1.29 is 4.74 Å². The molecule has 2 aromatic rings. The van der Waals surface area contributed by atoms with Crippen LogP contribution in [0.4, 0.5) is 5.82 Å². The Morgan fingerprint density at radius 1 is 1.23 bits per heavy atom. The van der Waals surface area contributed by atoms with Crippen molar-refractivity contribution in [3.63, 3.8) is 0 Å². The lowest BCUT2D eigenvalue weighted by molar-refractivity contribution is 0.261. The number of pyridine rings is 2. The molecule has 22 heavy (non-hydrogen) atoms. The summed E-state index contributed by atoms with van der Waals surface area (Å²) in [5.41, 5.74) is 9.03. The lowest BCUT2D eigenvalue weighted by Gasteiger charge is -2.11. The Hall–Kier alpha value is -2.14. The van der Waals surface area contributed by atoms with Gasteiger partial charge >= 0.3 is 0 Å². The Morgan fingerprint density at radius 2 is 2.05 bits per heavy atom. The molecule has 1 aliphatic carbocycles. The third-order valence-corrected chi connectivity index (χ3v) is 3.73. The van der Waals surface area contributed by atoms with Crippen molar-refractivity contribution in [2.75, 3.05) is 33.0 Å². The number of aromatic nitrogens is 2. The van der Waals surface area contributed by atoms with E-state index in [2.05, 4.69) is 20.9 Å². The fraction of sp³-hybridized carbons (Fsp3) is 0.412. The Morgan fingerprint density at radius 3 is 2.77 bits per heavy atom. The SMILES string of the molecule is CN(C)CCOc1cncc(-c2cc(C3CC3)cc(N)n2)c1. The number of nitrogen functional groups attached to an aromatic ring is 1. The van der Waals surface area contributed by atoms with E-state index in [1.54, 1.807) is 12.4 Å². The fourth-order valence-corrected chi connectivity index (χ4v) is 2.36. The van der Waals surface area contributed by atoms with Crippen LogP contribution in [-0.4, -0.2) is 42.1 Å². The quantitative estimate of drug-likeness (QED) is 0.888. The van der Waals surface area contributed by atoms with Crippen molar-refractivity contribution in [1.29, 1.82) is 0 Å². The van der Waals surface area contributed by atoms with Crippen LogP contribution in [0.5, 0.6) is 5.75 Å².